The average Bonchev–Trinajstić information content (AvgIpc) is 3.22. The zero-order chi connectivity index (χ0) is 15.2. The Bertz CT molecular complexity index is 485. The molecule has 0 unspecified atom stereocenters. The molecule has 2 rings (SSSR count). The summed E-state index contributed by atoms with van der Waals surface area (Å²) in [6.07, 6.45) is 2.71. The Morgan fingerprint density at radius 3 is 2.52 bits per heavy atom. The first-order chi connectivity index (χ1) is 10.1. The highest BCUT2D eigenvalue weighted by Crippen LogP contribution is 2.19. The predicted molar refractivity (Wildman–Crippen MR) is 84.6 cm³/mol. The van der Waals surface area contributed by atoms with Crippen LogP contribution in [-0.4, -0.2) is 35.0 Å². The number of nitrogens with zero attached hydrogens (tertiary/aromatic N) is 2. The summed E-state index contributed by atoms with van der Waals surface area (Å²) in [7, 11) is 0. The van der Waals surface area contributed by atoms with Crippen molar-refractivity contribution in [2.45, 2.75) is 52.0 Å². The Balaban J connectivity index is 1.89. The smallest absolute Gasteiger partial charge is 0.221 e. The summed E-state index contributed by atoms with van der Waals surface area (Å²) in [4.78, 5) is 20.6. The van der Waals surface area contributed by atoms with E-state index in [1.807, 2.05) is 13.0 Å². The van der Waals surface area contributed by atoms with Gasteiger partial charge >= 0.3 is 0 Å². The highest BCUT2D eigenvalue weighted by atomic mass is 16.1. The number of carbonyl (C=O) groups excluding carboxylic acids is 1. The van der Waals surface area contributed by atoms with Crippen LogP contribution in [0, 0.1) is 0 Å². The SMILES string of the molecule is CCNc1cc(NCCC(=O)NC2CC2)nc(C(C)C)n1. The maximum atomic E-state index is 11.6. The van der Waals surface area contributed by atoms with Gasteiger partial charge in [0.05, 0.1) is 0 Å². The van der Waals surface area contributed by atoms with Gasteiger partial charge in [0.1, 0.15) is 17.5 Å². The lowest BCUT2D eigenvalue weighted by molar-refractivity contribution is -0.120. The minimum absolute atomic E-state index is 0.107. The molecule has 116 valence electrons. The molecule has 6 nitrogen and oxygen atoms in total. The van der Waals surface area contributed by atoms with Gasteiger partial charge in [0, 0.05) is 37.5 Å². The van der Waals surface area contributed by atoms with Gasteiger partial charge in [0.2, 0.25) is 5.91 Å². The third-order valence-electron chi connectivity index (χ3n) is 3.22. The van der Waals surface area contributed by atoms with Crippen molar-refractivity contribution < 1.29 is 4.79 Å². The lowest BCUT2D eigenvalue weighted by atomic mass is 10.2. The van der Waals surface area contributed by atoms with Crippen LogP contribution in [0.4, 0.5) is 11.6 Å². The van der Waals surface area contributed by atoms with Gasteiger partial charge in [-0.05, 0) is 19.8 Å². The number of hydrogen-bond donors (Lipinski definition) is 3. The molecular formula is C15H25N5O. The van der Waals surface area contributed by atoms with Gasteiger partial charge in [-0.25, -0.2) is 9.97 Å². The molecular weight excluding hydrogens is 266 g/mol. The molecule has 0 spiro atoms. The molecule has 3 N–H and O–H groups in total. The van der Waals surface area contributed by atoms with E-state index in [2.05, 4.69) is 39.8 Å². The van der Waals surface area contributed by atoms with Gasteiger partial charge in [-0.15, -0.1) is 0 Å². The minimum Gasteiger partial charge on any atom is -0.370 e. The van der Waals surface area contributed by atoms with Crippen LogP contribution in [0.1, 0.15) is 51.8 Å². The van der Waals surface area contributed by atoms with Crippen molar-refractivity contribution in [3.05, 3.63) is 11.9 Å². The molecule has 0 saturated heterocycles. The van der Waals surface area contributed by atoms with Crippen LogP contribution in [0.3, 0.4) is 0 Å². The molecule has 1 heterocycles. The number of anilines is 2. The van der Waals surface area contributed by atoms with E-state index in [-0.39, 0.29) is 11.8 Å². The fourth-order valence-corrected chi connectivity index (χ4v) is 1.92. The van der Waals surface area contributed by atoms with Crippen molar-refractivity contribution in [2.24, 2.45) is 0 Å². The van der Waals surface area contributed by atoms with Gasteiger partial charge in [0.25, 0.3) is 0 Å². The van der Waals surface area contributed by atoms with E-state index in [1.54, 1.807) is 0 Å². The predicted octanol–water partition coefficient (Wildman–Crippen LogP) is 2.11. The quantitative estimate of drug-likeness (QED) is 0.683. The zero-order valence-electron chi connectivity index (χ0n) is 13.1. The number of hydrogen-bond acceptors (Lipinski definition) is 5. The van der Waals surface area contributed by atoms with E-state index in [1.165, 1.54) is 0 Å². The van der Waals surface area contributed by atoms with Crippen molar-refractivity contribution >= 4 is 17.5 Å². The van der Waals surface area contributed by atoms with Gasteiger partial charge in [-0.2, -0.15) is 0 Å². The fourth-order valence-electron chi connectivity index (χ4n) is 1.92. The van der Waals surface area contributed by atoms with Crippen molar-refractivity contribution in [2.75, 3.05) is 23.7 Å². The molecule has 1 fully saturated rings. The molecule has 1 aliphatic rings. The van der Waals surface area contributed by atoms with E-state index < -0.39 is 0 Å². The summed E-state index contributed by atoms with van der Waals surface area (Å²) in [5.74, 6) is 2.76. The van der Waals surface area contributed by atoms with Crippen LogP contribution >= 0.6 is 0 Å². The van der Waals surface area contributed by atoms with E-state index in [0.29, 0.717) is 19.0 Å². The highest BCUT2D eigenvalue weighted by molar-refractivity contribution is 5.77. The highest BCUT2D eigenvalue weighted by Gasteiger charge is 2.22. The van der Waals surface area contributed by atoms with Crippen LogP contribution in [0.15, 0.2) is 6.07 Å². The molecule has 1 amide bonds. The Morgan fingerprint density at radius 2 is 1.95 bits per heavy atom. The minimum atomic E-state index is 0.107. The van der Waals surface area contributed by atoms with Crippen molar-refractivity contribution in [3.63, 3.8) is 0 Å². The Kier molecular flexibility index (Phi) is 5.36. The summed E-state index contributed by atoms with van der Waals surface area (Å²) in [5, 5.41) is 9.40. The van der Waals surface area contributed by atoms with Crippen LogP contribution in [0.25, 0.3) is 0 Å². The molecule has 0 radical (unpaired) electrons. The fraction of sp³-hybridized carbons (Fsp3) is 0.667. The van der Waals surface area contributed by atoms with Gasteiger partial charge < -0.3 is 16.0 Å². The summed E-state index contributed by atoms with van der Waals surface area (Å²) in [6.45, 7) is 7.57. The lowest BCUT2D eigenvalue weighted by Gasteiger charge is -2.12. The van der Waals surface area contributed by atoms with Gasteiger partial charge in [-0.3, -0.25) is 4.79 Å². The Labute approximate surface area is 126 Å². The van der Waals surface area contributed by atoms with E-state index in [4.69, 9.17) is 0 Å². The molecule has 1 aliphatic carbocycles. The first-order valence-electron chi connectivity index (χ1n) is 7.74. The Morgan fingerprint density at radius 1 is 1.29 bits per heavy atom. The molecule has 6 heteroatoms. The topological polar surface area (TPSA) is 78.9 Å². The van der Waals surface area contributed by atoms with Crippen LogP contribution in [0.5, 0.6) is 0 Å². The van der Waals surface area contributed by atoms with Crippen LogP contribution in [0.2, 0.25) is 0 Å². The standard InChI is InChI=1S/C15H25N5O/c1-4-16-12-9-13(20-15(19-12)10(2)3)17-8-7-14(21)18-11-5-6-11/h9-11H,4-8H2,1-3H3,(H,18,21)(H2,16,17,19,20). The molecule has 1 aromatic rings. The van der Waals surface area contributed by atoms with Crippen LogP contribution < -0.4 is 16.0 Å². The number of aromatic nitrogens is 2. The summed E-state index contributed by atoms with van der Waals surface area (Å²) < 4.78 is 0. The van der Waals surface area contributed by atoms with Crippen LogP contribution in [-0.2, 0) is 4.79 Å². The largest absolute Gasteiger partial charge is 0.370 e. The first kappa shape index (κ1) is 15.5. The van der Waals surface area contributed by atoms with E-state index >= 15 is 0 Å². The molecule has 1 aromatic heterocycles. The maximum absolute atomic E-state index is 11.6. The molecule has 0 bridgehead atoms. The van der Waals surface area contributed by atoms with Crippen molar-refractivity contribution in [1.29, 1.82) is 0 Å². The van der Waals surface area contributed by atoms with Crippen molar-refractivity contribution in [1.82, 2.24) is 15.3 Å². The maximum Gasteiger partial charge on any atom is 0.221 e. The van der Waals surface area contributed by atoms with E-state index in [9.17, 15) is 4.79 Å². The third kappa shape index (κ3) is 5.21. The molecule has 21 heavy (non-hydrogen) atoms. The molecule has 0 aromatic carbocycles. The number of carbonyl (C=O) groups is 1. The normalized spacial score (nSPS) is 14.1. The first-order valence-corrected chi connectivity index (χ1v) is 7.74. The number of nitrogens with one attached hydrogen (secondary N) is 3. The average molecular weight is 291 g/mol. The Hall–Kier alpha value is -1.85. The van der Waals surface area contributed by atoms with Gasteiger partial charge in [0.15, 0.2) is 0 Å². The van der Waals surface area contributed by atoms with E-state index in [0.717, 1.165) is 36.8 Å². The monoisotopic (exact) mass is 291 g/mol. The van der Waals surface area contributed by atoms with Gasteiger partial charge in [-0.1, -0.05) is 13.8 Å². The zero-order valence-corrected chi connectivity index (χ0v) is 13.1. The van der Waals surface area contributed by atoms with Crippen molar-refractivity contribution in [3.8, 4) is 0 Å². The molecule has 1 saturated carbocycles. The number of amides is 1. The third-order valence-corrected chi connectivity index (χ3v) is 3.22. The second-order valence-corrected chi connectivity index (χ2v) is 5.70. The lowest BCUT2D eigenvalue weighted by Crippen LogP contribution is -2.27. The summed E-state index contributed by atoms with van der Waals surface area (Å²) in [5.41, 5.74) is 0. The number of rotatable bonds is 8. The second kappa shape index (κ2) is 7.24. The summed E-state index contributed by atoms with van der Waals surface area (Å²) in [6, 6.07) is 2.30. The summed E-state index contributed by atoms with van der Waals surface area (Å²) >= 11 is 0. The molecule has 0 aliphatic heterocycles. The second-order valence-electron chi connectivity index (χ2n) is 5.70. The molecule has 0 atom stereocenters.